The second-order valence-corrected chi connectivity index (χ2v) is 5.67. The number of benzene rings is 2. The Morgan fingerprint density at radius 2 is 1.71 bits per heavy atom. The SMILES string of the molecule is Cn1c2ccccc2c2ccc3c(c21)C(=O)C1OC1C3=O. The van der Waals surface area contributed by atoms with E-state index in [1.54, 1.807) is 6.07 Å². The van der Waals surface area contributed by atoms with Gasteiger partial charge in [0.2, 0.25) is 0 Å². The molecule has 4 nitrogen and oxygen atoms in total. The molecule has 2 aliphatic rings. The molecule has 0 saturated carbocycles. The summed E-state index contributed by atoms with van der Waals surface area (Å²) in [4.78, 5) is 24.8. The number of fused-ring (bicyclic) bond motifs is 6. The van der Waals surface area contributed by atoms with Crippen LogP contribution in [0.3, 0.4) is 0 Å². The van der Waals surface area contributed by atoms with Crippen molar-refractivity contribution >= 4 is 33.4 Å². The maximum absolute atomic E-state index is 12.6. The molecule has 2 unspecified atom stereocenters. The molecule has 0 bridgehead atoms. The smallest absolute Gasteiger partial charge is 0.197 e. The Morgan fingerprint density at radius 1 is 0.952 bits per heavy atom. The van der Waals surface area contributed by atoms with E-state index in [4.69, 9.17) is 4.74 Å². The van der Waals surface area contributed by atoms with E-state index in [-0.39, 0.29) is 11.6 Å². The van der Waals surface area contributed by atoms with Gasteiger partial charge in [-0.2, -0.15) is 0 Å². The number of aromatic nitrogens is 1. The van der Waals surface area contributed by atoms with Crippen LogP contribution < -0.4 is 0 Å². The van der Waals surface area contributed by atoms with Gasteiger partial charge in [-0.1, -0.05) is 24.3 Å². The van der Waals surface area contributed by atoms with E-state index in [2.05, 4.69) is 0 Å². The highest BCUT2D eigenvalue weighted by molar-refractivity contribution is 6.27. The fraction of sp³-hybridized carbons (Fsp3) is 0.176. The minimum absolute atomic E-state index is 0.0638. The van der Waals surface area contributed by atoms with Crippen molar-refractivity contribution in [3.63, 3.8) is 0 Å². The lowest BCUT2D eigenvalue weighted by molar-refractivity contribution is 0.0923. The second-order valence-electron chi connectivity index (χ2n) is 5.67. The van der Waals surface area contributed by atoms with Crippen molar-refractivity contribution < 1.29 is 14.3 Å². The number of aryl methyl sites for hydroxylation is 1. The summed E-state index contributed by atoms with van der Waals surface area (Å²) >= 11 is 0. The van der Waals surface area contributed by atoms with Crippen molar-refractivity contribution in [2.24, 2.45) is 7.05 Å². The minimum Gasteiger partial charge on any atom is -0.352 e. The molecule has 2 heterocycles. The van der Waals surface area contributed by atoms with Crippen molar-refractivity contribution in [2.45, 2.75) is 12.2 Å². The molecule has 21 heavy (non-hydrogen) atoms. The number of rotatable bonds is 0. The third-order valence-corrected chi connectivity index (χ3v) is 4.59. The van der Waals surface area contributed by atoms with Crippen LogP contribution in [-0.2, 0) is 11.8 Å². The van der Waals surface area contributed by atoms with Gasteiger partial charge in [-0.15, -0.1) is 0 Å². The second kappa shape index (κ2) is 3.40. The molecular weight excluding hydrogens is 266 g/mol. The summed E-state index contributed by atoms with van der Waals surface area (Å²) in [5.41, 5.74) is 2.91. The van der Waals surface area contributed by atoms with Crippen molar-refractivity contribution in [2.75, 3.05) is 0 Å². The molecule has 0 N–H and O–H groups in total. The van der Waals surface area contributed by atoms with Crippen LogP contribution in [0.4, 0.5) is 0 Å². The number of nitrogens with zero attached hydrogens (tertiary/aromatic N) is 1. The molecule has 0 radical (unpaired) electrons. The summed E-state index contributed by atoms with van der Waals surface area (Å²) in [6.45, 7) is 0. The van der Waals surface area contributed by atoms with Crippen molar-refractivity contribution in [1.82, 2.24) is 4.57 Å². The maximum atomic E-state index is 12.6. The van der Waals surface area contributed by atoms with Crippen LogP contribution in [0.15, 0.2) is 36.4 Å². The summed E-state index contributed by atoms with van der Waals surface area (Å²) in [5.74, 6) is -0.132. The Hall–Kier alpha value is -2.46. The predicted molar refractivity (Wildman–Crippen MR) is 77.7 cm³/mol. The van der Waals surface area contributed by atoms with Crippen LogP contribution in [0.1, 0.15) is 20.7 Å². The average molecular weight is 277 g/mol. The fourth-order valence-corrected chi connectivity index (χ4v) is 3.53. The van der Waals surface area contributed by atoms with E-state index in [1.807, 2.05) is 41.9 Å². The maximum Gasteiger partial charge on any atom is 0.197 e. The number of hydrogen-bond acceptors (Lipinski definition) is 3. The van der Waals surface area contributed by atoms with Gasteiger partial charge in [0, 0.05) is 28.9 Å². The first kappa shape index (κ1) is 11.2. The molecule has 1 fully saturated rings. The number of Topliss-reactive ketones (excluding diaryl/α,β-unsaturated/α-hetero) is 2. The Kier molecular flexibility index (Phi) is 1.82. The molecule has 1 aliphatic heterocycles. The number of ether oxygens (including phenoxy) is 1. The lowest BCUT2D eigenvalue weighted by Gasteiger charge is -2.12. The predicted octanol–water partition coefficient (Wildman–Crippen LogP) is 2.48. The third-order valence-electron chi connectivity index (χ3n) is 4.59. The first-order chi connectivity index (χ1) is 10.2. The molecule has 2 aromatic carbocycles. The summed E-state index contributed by atoms with van der Waals surface area (Å²) in [5, 5.41) is 2.10. The molecule has 3 aromatic rings. The van der Waals surface area contributed by atoms with Gasteiger partial charge in [0.05, 0.1) is 11.1 Å². The summed E-state index contributed by atoms with van der Waals surface area (Å²) in [7, 11) is 1.93. The molecule has 1 aliphatic carbocycles. The highest BCUT2D eigenvalue weighted by Gasteiger charge is 2.55. The zero-order chi connectivity index (χ0) is 14.3. The van der Waals surface area contributed by atoms with Gasteiger partial charge in [-0.3, -0.25) is 9.59 Å². The fourth-order valence-electron chi connectivity index (χ4n) is 3.53. The Bertz CT molecular complexity index is 983. The molecule has 0 spiro atoms. The number of carbonyl (C=O) groups excluding carboxylic acids is 2. The summed E-state index contributed by atoms with van der Waals surface area (Å²) < 4.78 is 7.24. The minimum atomic E-state index is -0.561. The van der Waals surface area contributed by atoms with Crippen molar-refractivity contribution in [1.29, 1.82) is 0 Å². The van der Waals surface area contributed by atoms with Gasteiger partial charge in [0.25, 0.3) is 0 Å². The number of carbonyl (C=O) groups is 2. The van der Waals surface area contributed by atoms with E-state index in [1.165, 1.54) is 0 Å². The first-order valence-corrected chi connectivity index (χ1v) is 6.92. The monoisotopic (exact) mass is 277 g/mol. The molecule has 4 heteroatoms. The lowest BCUT2D eigenvalue weighted by atomic mass is 9.88. The van der Waals surface area contributed by atoms with Gasteiger partial charge in [-0.05, 0) is 12.1 Å². The van der Waals surface area contributed by atoms with Crippen molar-refractivity contribution in [3.8, 4) is 0 Å². The molecule has 2 atom stereocenters. The number of epoxide rings is 1. The third kappa shape index (κ3) is 1.19. The highest BCUT2D eigenvalue weighted by Crippen LogP contribution is 2.41. The van der Waals surface area contributed by atoms with E-state index in [0.717, 1.165) is 21.8 Å². The summed E-state index contributed by atoms with van der Waals surface area (Å²) in [6, 6.07) is 11.7. The lowest BCUT2D eigenvalue weighted by Crippen LogP contribution is -2.26. The normalized spacial score (nSPS) is 23.5. The Balaban J connectivity index is 2.01. The standard InChI is InChI=1S/C17H11NO3/c1-18-11-5-3-2-4-8(11)9-6-7-10-12(13(9)18)15(20)17-16(21-17)14(10)19/h2-7,16-17H,1H3. The number of hydrogen-bond donors (Lipinski definition) is 0. The molecule has 1 aromatic heterocycles. The zero-order valence-electron chi connectivity index (χ0n) is 11.3. The largest absolute Gasteiger partial charge is 0.352 e. The molecule has 0 amide bonds. The van der Waals surface area contributed by atoms with Crippen LogP contribution in [0.2, 0.25) is 0 Å². The Labute approximate surface area is 119 Å². The highest BCUT2D eigenvalue weighted by atomic mass is 16.6. The number of para-hydroxylation sites is 1. The van der Waals surface area contributed by atoms with Gasteiger partial charge in [0.1, 0.15) is 0 Å². The van der Waals surface area contributed by atoms with Gasteiger partial charge in [0.15, 0.2) is 23.8 Å². The topological polar surface area (TPSA) is 51.6 Å². The quantitative estimate of drug-likeness (QED) is 0.593. The molecule has 102 valence electrons. The van der Waals surface area contributed by atoms with E-state index >= 15 is 0 Å². The van der Waals surface area contributed by atoms with Crippen LogP contribution in [0.25, 0.3) is 21.8 Å². The Morgan fingerprint density at radius 3 is 2.57 bits per heavy atom. The van der Waals surface area contributed by atoms with Gasteiger partial charge >= 0.3 is 0 Å². The van der Waals surface area contributed by atoms with Crippen LogP contribution >= 0.6 is 0 Å². The van der Waals surface area contributed by atoms with Crippen LogP contribution in [-0.4, -0.2) is 28.3 Å². The zero-order valence-corrected chi connectivity index (χ0v) is 11.3. The molecule has 1 saturated heterocycles. The van der Waals surface area contributed by atoms with Crippen LogP contribution in [0, 0.1) is 0 Å². The summed E-state index contributed by atoms with van der Waals surface area (Å²) in [6.07, 6.45) is -1.11. The number of ketones is 2. The van der Waals surface area contributed by atoms with Gasteiger partial charge < -0.3 is 9.30 Å². The average Bonchev–Trinajstić information content (AvgIpc) is 3.27. The van der Waals surface area contributed by atoms with E-state index in [0.29, 0.717) is 11.1 Å². The molecule has 5 rings (SSSR count). The first-order valence-electron chi connectivity index (χ1n) is 6.92. The van der Waals surface area contributed by atoms with Crippen molar-refractivity contribution in [3.05, 3.63) is 47.5 Å². The van der Waals surface area contributed by atoms with Crippen LogP contribution in [0.5, 0.6) is 0 Å². The van der Waals surface area contributed by atoms with E-state index < -0.39 is 12.2 Å². The van der Waals surface area contributed by atoms with E-state index in [9.17, 15) is 9.59 Å². The molecular formula is C17H11NO3. The van der Waals surface area contributed by atoms with Gasteiger partial charge in [-0.25, -0.2) is 0 Å².